The molecule has 2 bridgehead atoms. The Morgan fingerprint density at radius 3 is 2.39 bits per heavy atom. The van der Waals surface area contributed by atoms with E-state index in [0.717, 1.165) is 32.0 Å². The Morgan fingerprint density at radius 2 is 1.89 bits per heavy atom. The molecule has 18 heavy (non-hydrogen) atoms. The van der Waals surface area contributed by atoms with Crippen LogP contribution in [0.1, 0.15) is 46.0 Å². The highest BCUT2D eigenvalue weighted by molar-refractivity contribution is 4.92. The fraction of sp³-hybridized carbons (Fsp3) is 1.00. The van der Waals surface area contributed by atoms with Gasteiger partial charge in [0.15, 0.2) is 0 Å². The third kappa shape index (κ3) is 3.46. The summed E-state index contributed by atoms with van der Waals surface area (Å²) in [6.07, 6.45) is 5.98. The molecule has 3 atom stereocenters. The van der Waals surface area contributed by atoms with Crippen molar-refractivity contribution in [3.8, 4) is 0 Å². The number of rotatable bonds is 7. The van der Waals surface area contributed by atoms with Crippen molar-refractivity contribution in [1.29, 1.82) is 0 Å². The molecule has 3 fully saturated rings. The number of nitrogens with zero attached hydrogens (tertiary/aromatic N) is 2. The van der Waals surface area contributed by atoms with Gasteiger partial charge in [0.1, 0.15) is 0 Å². The van der Waals surface area contributed by atoms with Crippen LogP contribution in [0.15, 0.2) is 0 Å². The van der Waals surface area contributed by atoms with Gasteiger partial charge in [-0.3, -0.25) is 9.80 Å². The summed E-state index contributed by atoms with van der Waals surface area (Å²) >= 11 is 0. The molecule has 1 N–H and O–H groups in total. The summed E-state index contributed by atoms with van der Waals surface area (Å²) < 4.78 is 0. The number of unbranched alkanes of at least 4 members (excludes halogenated alkanes) is 1. The molecule has 0 aromatic carbocycles. The first-order valence-corrected chi connectivity index (χ1v) is 7.89. The van der Waals surface area contributed by atoms with E-state index in [4.69, 9.17) is 0 Å². The lowest BCUT2D eigenvalue weighted by atomic mass is 9.89. The Labute approximate surface area is 112 Å². The molecule has 0 aliphatic carbocycles. The van der Waals surface area contributed by atoms with E-state index in [9.17, 15) is 5.11 Å². The maximum Gasteiger partial charge on any atom is 0.0710 e. The summed E-state index contributed by atoms with van der Waals surface area (Å²) in [7, 11) is 0. The molecule has 3 nitrogen and oxygen atoms in total. The first-order chi connectivity index (χ1) is 8.74. The zero-order valence-electron chi connectivity index (χ0n) is 12.1. The first-order valence-electron chi connectivity index (χ1n) is 7.89. The van der Waals surface area contributed by atoms with Crippen molar-refractivity contribution < 1.29 is 5.11 Å². The van der Waals surface area contributed by atoms with Crippen LogP contribution in [-0.4, -0.2) is 59.8 Å². The molecule has 0 amide bonds. The Balaban J connectivity index is 1.81. The van der Waals surface area contributed by atoms with Crippen molar-refractivity contribution in [3.63, 3.8) is 0 Å². The molecule has 3 aliphatic rings. The van der Waals surface area contributed by atoms with Crippen molar-refractivity contribution in [3.05, 3.63) is 0 Å². The molecule has 0 aromatic heterocycles. The lowest BCUT2D eigenvalue weighted by molar-refractivity contribution is -0.0529. The number of aliphatic hydroxyl groups excluding tert-OH is 1. The summed E-state index contributed by atoms with van der Waals surface area (Å²) in [6.45, 7) is 10.3. The minimum atomic E-state index is -0.116. The molecule has 0 aromatic rings. The quantitative estimate of drug-likeness (QED) is 0.752. The molecule has 0 radical (unpaired) electrons. The summed E-state index contributed by atoms with van der Waals surface area (Å²) in [4.78, 5) is 5.03. The highest BCUT2D eigenvalue weighted by Gasteiger charge is 2.36. The van der Waals surface area contributed by atoms with Gasteiger partial charge in [-0.25, -0.2) is 0 Å². The van der Waals surface area contributed by atoms with E-state index in [1.807, 2.05) is 0 Å². The van der Waals surface area contributed by atoms with Crippen LogP contribution < -0.4 is 0 Å². The predicted molar refractivity (Wildman–Crippen MR) is 75.7 cm³/mol. The van der Waals surface area contributed by atoms with E-state index in [2.05, 4.69) is 23.6 Å². The normalized spacial score (nSPS) is 34.5. The number of aliphatic hydroxyl groups is 1. The third-order valence-electron chi connectivity index (χ3n) is 4.88. The van der Waals surface area contributed by atoms with Gasteiger partial charge in [-0.15, -0.1) is 0 Å². The maximum atomic E-state index is 10.5. The Bertz CT molecular complexity index is 239. The summed E-state index contributed by atoms with van der Waals surface area (Å²) in [5.74, 6) is 0.719. The summed E-state index contributed by atoms with van der Waals surface area (Å²) in [6, 6.07) is 0.406. The highest BCUT2D eigenvalue weighted by atomic mass is 16.3. The fourth-order valence-electron chi connectivity index (χ4n) is 3.50. The third-order valence-corrected chi connectivity index (χ3v) is 4.88. The van der Waals surface area contributed by atoms with E-state index in [0.29, 0.717) is 6.04 Å². The van der Waals surface area contributed by atoms with Crippen molar-refractivity contribution in [2.75, 3.05) is 32.7 Å². The van der Waals surface area contributed by atoms with Gasteiger partial charge in [0, 0.05) is 38.8 Å². The van der Waals surface area contributed by atoms with E-state index in [-0.39, 0.29) is 6.10 Å². The molecule has 3 saturated heterocycles. The second kappa shape index (κ2) is 6.88. The van der Waals surface area contributed by atoms with Crippen LogP contribution in [0.2, 0.25) is 0 Å². The molecule has 0 saturated carbocycles. The SMILES string of the molecule is CCCCC(CC)CC(O)C1CN2CCN1CC2. The zero-order chi connectivity index (χ0) is 13.0. The van der Waals surface area contributed by atoms with E-state index in [1.165, 1.54) is 38.8 Å². The summed E-state index contributed by atoms with van der Waals surface area (Å²) in [5.41, 5.74) is 0. The van der Waals surface area contributed by atoms with Gasteiger partial charge < -0.3 is 5.11 Å². The minimum Gasteiger partial charge on any atom is -0.391 e. The number of hydrogen-bond donors (Lipinski definition) is 1. The van der Waals surface area contributed by atoms with Crippen molar-refractivity contribution in [2.24, 2.45) is 5.92 Å². The Hall–Kier alpha value is -0.120. The van der Waals surface area contributed by atoms with Crippen LogP contribution in [0.25, 0.3) is 0 Å². The topological polar surface area (TPSA) is 26.7 Å². The molecule has 0 spiro atoms. The largest absolute Gasteiger partial charge is 0.391 e. The van der Waals surface area contributed by atoms with Crippen LogP contribution in [-0.2, 0) is 0 Å². The molecule has 3 rings (SSSR count). The number of piperazine rings is 3. The smallest absolute Gasteiger partial charge is 0.0710 e. The predicted octanol–water partition coefficient (Wildman–Crippen LogP) is 1.95. The minimum absolute atomic E-state index is 0.116. The number of fused-ring (bicyclic) bond motifs is 3. The standard InChI is InChI=1S/C15H30N2O/c1-3-5-6-13(4-2)11-15(18)14-12-16-7-9-17(14)10-8-16/h13-15,18H,3-12H2,1-2H3. The van der Waals surface area contributed by atoms with Crippen LogP contribution in [0.4, 0.5) is 0 Å². The van der Waals surface area contributed by atoms with Crippen LogP contribution >= 0.6 is 0 Å². The second-order valence-corrected chi connectivity index (χ2v) is 6.12. The fourth-order valence-corrected chi connectivity index (χ4v) is 3.50. The summed E-state index contributed by atoms with van der Waals surface area (Å²) in [5, 5.41) is 10.5. The average molecular weight is 254 g/mol. The zero-order valence-corrected chi connectivity index (χ0v) is 12.1. The Morgan fingerprint density at radius 1 is 1.17 bits per heavy atom. The molecule has 3 aliphatic heterocycles. The Kier molecular flexibility index (Phi) is 5.46. The lowest BCUT2D eigenvalue weighted by Crippen LogP contribution is -2.64. The molecule has 106 valence electrons. The molecular formula is C15H30N2O. The van der Waals surface area contributed by atoms with Gasteiger partial charge in [-0.1, -0.05) is 39.5 Å². The first kappa shape index (κ1) is 14.3. The molecule has 3 unspecified atom stereocenters. The van der Waals surface area contributed by atoms with E-state index < -0.39 is 0 Å². The number of hydrogen-bond acceptors (Lipinski definition) is 3. The van der Waals surface area contributed by atoms with Gasteiger partial charge in [-0.05, 0) is 12.3 Å². The van der Waals surface area contributed by atoms with Crippen molar-refractivity contribution in [1.82, 2.24) is 9.80 Å². The van der Waals surface area contributed by atoms with Gasteiger partial charge in [0.05, 0.1) is 6.10 Å². The van der Waals surface area contributed by atoms with Gasteiger partial charge in [0.2, 0.25) is 0 Å². The second-order valence-electron chi connectivity index (χ2n) is 6.12. The molecular weight excluding hydrogens is 224 g/mol. The van der Waals surface area contributed by atoms with Gasteiger partial charge >= 0.3 is 0 Å². The van der Waals surface area contributed by atoms with Gasteiger partial charge in [0.25, 0.3) is 0 Å². The monoisotopic (exact) mass is 254 g/mol. The lowest BCUT2D eigenvalue weighted by Gasteiger charge is -2.49. The van der Waals surface area contributed by atoms with Crippen LogP contribution in [0, 0.1) is 5.92 Å². The van der Waals surface area contributed by atoms with Crippen LogP contribution in [0.3, 0.4) is 0 Å². The van der Waals surface area contributed by atoms with Gasteiger partial charge in [-0.2, -0.15) is 0 Å². The maximum absolute atomic E-state index is 10.5. The van der Waals surface area contributed by atoms with E-state index in [1.54, 1.807) is 0 Å². The van der Waals surface area contributed by atoms with Crippen molar-refractivity contribution in [2.45, 2.75) is 58.1 Å². The highest BCUT2D eigenvalue weighted by Crippen LogP contribution is 2.25. The van der Waals surface area contributed by atoms with E-state index >= 15 is 0 Å². The molecule has 3 heteroatoms. The van der Waals surface area contributed by atoms with Crippen molar-refractivity contribution >= 4 is 0 Å². The molecule has 3 heterocycles. The van der Waals surface area contributed by atoms with Crippen LogP contribution in [0.5, 0.6) is 0 Å². The average Bonchev–Trinajstić information content (AvgIpc) is 2.44.